The van der Waals surface area contributed by atoms with Crippen molar-refractivity contribution in [1.29, 1.82) is 0 Å². The van der Waals surface area contributed by atoms with Crippen LogP contribution >= 0.6 is 0 Å². The van der Waals surface area contributed by atoms with Gasteiger partial charge in [0.1, 0.15) is 0 Å². The maximum atomic E-state index is 13.1. The Labute approximate surface area is 109 Å². The number of carbonyl (C=O) groups is 1. The minimum absolute atomic E-state index is 0.104. The third kappa shape index (κ3) is 2.28. The van der Waals surface area contributed by atoms with Crippen LogP contribution in [0, 0.1) is 17.6 Å². The van der Waals surface area contributed by atoms with E-state index in [1.165, 1.54) is 6.07 Å². The summed E-state index contributed by atoms with van der Waals surface area (Å²) < 4.78 is 26.0. The predicted molar refractivity (Wildman–Crippen MR) is 68.0 cm³/mol. The summed E-state index contributed by atoms with van der Waals surface area (Å²) in [4.78, 5) is 12.2. The standard InChI is InChI=1S/C16H12F2O/c17-14-7-6-11(8-15(14)18)16(19)13-9-12(13)10-4-2-1-3-5-10/h1-8,12-13H,9H2. The minimum Gasteiger partial charge on any atom is -0.294 e. The normalized spacial score (nSPS) is 21.2. The van der Waals surface area contributed by atoms with E-state index in [2.05, 4.69) is 0 Å². The first-order valence-corrected chi connectivity index (χ1v) is 6.21. The van der Waals surface area contributed by atoms with Gasteiger partial charge in [-0.1, -0.05) is 30.3 Å². The first-order chi connectivity index (χ1) is 9.16. The Morgan fingerprint density at radius 2 is 1.74 bits per heavy atom. The molecule has 0 saturated heterocycles. The van der Waals surface area contributed by atoms with Crippen LogP contribution in [-0.4, -0.2) is 5.78 Å². The SMILES string of the molecule is O=C(c1ccc(F)c(F)c1)C1CC1c1ccccc1. The molecule has 2 aromatic rings. The first kappa shape index (κ1) is 12.0. The van der Waals surface area contributed by atoms with Crippen molar-refractivity contribution >= 4 is 5.78 Å². The number of ketones is 1. The first-order valence-electron chi connectivity index (χ1n) is 6.21. The highest BCUT2D eigenvalue weighted by Crippen LogP contribution is 2.49. The molecule has 96 valence electrons. The zero-order valence-corrected chi connectivity index (χ0v) is 10.1. The average molecular weight is 258 g/mol. The second-order valence-electron chi connectivity index (χ2n) is 4.85. The number of hydrogen-bond donors (Lipinski definition) is 0. The molecule has 0 radical (unpaired) electrons. The van der Waals surface area contributed by atoms with Gasteiger partial charge >= 0.3 is 0 Å². The van der Waals surface area contributed by atoms with Crippen molar-refractivity contribution in [2.24, 2.45) is 5.92 Å². The van der Waals surface area contributed by atoms with Gasteiger partial charge in [0.05, 0.1) is 0 Å². The molecule has 3 rings (SSSR count). The number of carbonyl (C=O) groups excluding carboxylic acids is 1. The van der Waals surface area contributed by atoms with E-state index < -0.39 is 11.6 Å². The Morgan fingerprint density at radius 3 is 2.42 bits per heavy atom. The van der Waals surface area contributed by atoms with Crippen LogP contribution < -0.4 is 0 Å². The number of hydrogen-bond acceptors (Lipinski definition) is 1. The highest BCUT2D eigenvalue weighted by Gasteiger charge is 2.43. The van der Waals surface area contributed by atoms with Crippen molar-refractivity contribution < 1.29 is 13.6 Å². The number of benzene rings is 2. The largest absolute Gasteiger partial charge is 0.294 e. The zero-order chi connectivity index (χ0) is 13.4. The van der Waals surface area contributed by atoms with E-state index in [1.807, 2.05) is 30.3 Å². The maximum absolute atomic E-state index is 13.1. The van der Waals surface area contributed by atoms with E-state index in [0.717, 1.165) is 24.1 Å². The summed E-state index contributed by atoms with van der Waals surface area (Å²) in [6.45, 7) is 0. The molecule has 0 N–H and O–H groups in total. The molecule has 3 heteroatoms. The Morgan fingerprint density at radius 1 is 1.00 bits per heavy atom. The third-order valence-corrected chi connectivity index (χ3v) is 3.56. The molecule has 0 aliphatic heterocycles. The van der Waals surface area contributed by atoms with Crippen LogP contribution in [0.5, 0.6) is 0 Å². The topological polar surface area (TPSA) is 17.1 Å². The van der Waals surface area contributed by atoms with Crippen molar-refractivity contribution in [1.82, 2.24) is 0 Å². The number of Topliss-reactive ketones (excluding diaryl/α,β-unsaturated/α-hetero) is 1. The van der Waals surface area contributed by atoms with E-state index in [4.69, 9.17) is 0 Å². The molecule has 1 fully saturated rings. The van der Waals surface area contributed by atoms with Crippen molar-refractivity contribution in [3.8, 4) is 0 Å². The van der Waals surface area contributed by atoms with Gasteiger partial charge in [-0.05, 0) is 36.1 Å². The van der Waals surface area contributed by atoms with Crippen LogP contribution in [0.15, 0.2) is 48.5 Å². The molecule has 2 atom stereocenters. The van der Waals surface area contributed by atoms with Crippen molar-refractivity contribution in [2.45, 2.75) is 12.3 Å². The molecule has 0 bridgehead atoms. The van der Waals surface area contributed by atoms with Crippen LogP contribution in [0.1, 0.15) is 28.3 Å². The van der Waals surface area contributed by atoms with Gasteiger partial charge in [0, 0.05) is 11.5 Å². The minimum atomic E-state index is -0.970. The van der Waals surface area contributed by atoms with E-state index in [9.17, 15) is 13.6 Å². The Hall–Kier alpha value is -2.03. The molecule has 0 aromatic heterocycles. The number of halogens is 2. The molecule has 19 heavy (non-hydrogen) atoms. The average Bonchev–Trinajstić information content (AvgIpc) is 3.22. The Balaban J connectivity index is 1.78. The van der Waals surface area contributed by atoms with Gasteiger partial charge in [-0.2, -0.15) is 0 Å². The predicted octanol–water partition coefficient (Wildman–Crippen LogP) is 3.95. The summed E-state index contributed by atoms with van der Waals surface area (Å²) in [5.74, 6) is -1.89. The van der Waals surface area contributed by atoms with Gasteiger partial charge in [0.15, 0.2) is 17.4 Å². The molecule has 1 nitrogen and oxygen atoms in total. The second-order valence-corrected chi connectivity index (χ2v) is 4.85. The smallest absolute Gasteiger partial charge is 0.166 e. The third-order valence-electron chi connectivity index (χ3n) is 3.56. The Kier molecular flexibility index (Phi) is 2.90. The van der Waals surface area contributed by atoms with E-state index in [1.54, 1.807) is 0 Å². The second kappa shape index (κ2) is 4.57. The monoisotopic (exact) mass is 258 g/mol. The summed E-state index contributed by atoms with van der Waals surface area (Å²) >= 11 is 0. The van der Waals surface area contributed by atoms with Gasteiger partial charge in [-0.15, -0.1) is 0 Å². The van der Waals surface area contributed by atoms with Crippen molar-refractivity contribution in [3.05, 3.63) is 71.3 Å². The van der Waals surface area contributed by atoms with Gasteiger partial charge in [-0.25, -0.2) is 8.78 Å². The molecule has 1 aliphatic rings. The summed E-state index contributed by atoms with van der Waals surface area (Å²) in [6, 6.07) is 13.1. The maximum Gasteiger partial charge on any atom is 0.166 e. The van der Waals surface area contributed by atoms with Gasteiger partial charge in [-0.3, -0.25) is 4.79 Å². The molecule has 2 unspecified atom stereocenters. The van der Waals surface area contributed by atoms with Crippen molar-refractivity contribution in [3.63, 3.8) is 0 Å². The molecule has 2 aromatic carbocycles. The lowest BCUT2D eigenvalue weighted by Crippen LogP contribution is -2.04. The summed E-state index contributed by atoms with van der Waals surface area (Å²) in [7, 11) is 0. The van der Waals surface area contributed by atoms with Crippen LogP contribution in [0.2, 0.25) is 0 Å². The highest BCUT2D eigenvalue weighted by atomic mass is 19.2. The molecular formula is C16H12F2O. The van der Waals surface area contributed by atoms with Crippen LogP contribution in [-0.2, 0) is 0 Å². The van der Waals surface area contributed by atoms with Crippen LogP contribution in [0.4, 0.5) is 8.78 Å². The van der Waals surface area contributed by atoms with Crippen LogP contribution in [0.25, 0.3) is 0 Å². The highest BCUT2D eigenvalue weighted by molar-refractivity contribution is 6.00. The zero-order valence-electron chi connectivity index (χ0n) is 10.1. The molecule has 1 aliphatic carbocycles. The van der Waals surface area contributed by atoms with E-state index in [0.29, 0.717) is 0 Å². The summed E-state index contributed by atoms with van der Waals surface area (Å²) in [5, 5.41) is 0. The fourth-order valence-electron chi connectivity index (χ4n) is 2.42. The quantitative estimate of drug-likeness (QED) is 0.762. The van der Waals surface area contributed by atoms with Gasteiger partial charge in [0.2, 0.25) is 0 Å². The molecule has 0 spiro atoms. The summed E-state index contributed by atoms with van der Waals surface area (Å²) in [5.41, 5.74) is 1.38. The molecule has 0 amide bonds. The van der Waals surface area contributed by atoms with E-state index >= 15 is 0 Å². The molecule has 1 saturated carbocycles. The summed E-state index contributed by atoms with van der Waals surface area (Å²) in [6.07, 6.45) is 0.780. The fourth-order valence-corrected chi connectivity index (χ4v) is 2.42. The lowest BCUT2D eigenvalue weighted by Gasteiger charge is -2.02. The lowest BCUT2D eigenvalue weighted by molar-refractivity contribution is 0.0964. The Bertz CT molecular complexity index is 622. The van der Waals surface area contributed by atoms with E-state index in [-0.39, 0.29) is 23.2 Å². The van der Waals surface area contributed by atoms with Gasteiger partial charge < -0.3 is 0 Å². The van der Waals surface area contributed by atoms with Crippen LogP contribution in [0.3, 0.4) is 0 Å². The molecular weight excluding hydrogens is 246 g/mol. The van der Waals surface area contributed by atoms with Crippen molar-refractivity contribution in [2.75, 3.05) is 0 Å². The number of rotatable bonds is 3. The van der Waals surface area contributed by atoms with Gasteiger partial charge in [0.25, 0.3) is 0 Å². The lowest BCUT2D eigenvalue weighted by atomic mass is 10.0. The molecule has 0 heterocycles. The fraction of sp³-hybridized carbons (Fsp3) is 0.188.